The zero-order chi connectivity index (χ0) is 26.8. The average molecular weight is 552 g/mol. The Morgan fingerprint density at radius 1 is 1.21 bits per heavy atom. The van der Waals surface area contributed by atoms with Crippen molar-refractivity contribution in [1.82, 2.24) is 24.1 Å². The molecule has 5 rings (SSSR count). The number of carbonyl (C=O) groups is 1. The maximum atomic E-state index is 13.9. The summed E-state index contributed by atoms with van der Waals surface area (Å²) in [4.78, 5) is 31.3. The first-order valence-corrected chi connectivity index (χ1v) is 13.3. The first-order chi connectivity index (χ1) is 18.4. The summed E-state index contributed by atoms with van der Waals surface area (Å²) in [6.07, 6.45) is 1.62. The van der Waals surface area contributed by atoms with E-state index in [-0.39, 0.29) is 46.1 Å². The van der Waals surface area contributed by atoms with Crippen molar-refractivity contribution >= 4 is 50.8 Å². The molecule has 0 bridgehead atoms. The van der Waals surface area contributed by atoms with E-state index in [9.17, 15) is 14.0 Å². The molecule has 0 spiro atoms. The maximum absolute atomic E-state index is 13.9. The van der Waals surface area contributed by atoms with Crippen LogP contribution in [-0.4, -0.2) is 43.8 Å². The van der Waals surface area contributed by atoms with Crippen LogP contribution in [0.3, 0.4) is 0 Å². The molecule has 4 heterocycles. The van der Waals surface area contributed by atoms with Crippen LogP contribution in [0.25, 0.3) is 16.7 Å². The predicted octanol–water partition coefficient (Wildman–Crippen LogP) is 3.62. The molecule has 0 aliphatic heterocycles. The molecule has 1 amide bonds. The van der Waals surface area contributed by atoms with Crippen molar-refractivity contribution in [3.8, 4) is 0 Å². The molecule has 1 aromatic carbocycles. The summed E-state index contributed by atoms with van der Waals surface area (Å²) in [7, 11) is 1.53. The van der Waals surface area contributed by atoms with Crippen LogP contribution in [-0.2, 0) is 17.0 Å². The Balaban J connectivity index is 1.48. The number of carbonyl (C=O) groups excluding carboxylic acids is 1. The van der Waals surface area contributed by atoms with Gasteiger partial charge in [0.15, 0.2) is 4.34 Å². The number of hydrogen-bond donors (Lipinski definition) is 2. The number of hydrogen-bond acceptors (Lipinski definition) is 9. The molecule has 0 unspecified atom stereocenters. The van der Waals surface area contributed by atoms with Gasteiger partial charge in [0, 0.05) is 25.6 Å². The van der Waals surface area contributed by atoms with E-state index in [4.69, 9.17) is 10.1 Å². The van der Waals surface area contributed by atoms with E-state index in [1.807, 2.05) is 13.0 Å². The van der Waals surface area contributed by atoms with Gasteiger partial charge in [-0.05, 0) is 36.2 Å². The first kappa shape index (κ1) is 25.7. The Hall–Kier alpha value is -3.94. The van der Waals surface area contributed by atoms with Crippen LogP contribution in [0.15, 0.2) is 57.8 Å². The first-order valence-electron chi connectivity index (χ1n) is 11.5. The fourth-order valence-electron chi connectivity index (χ4n) is 3.91. The quantitative estimate of drug-likeness (QED) is 0.171. The number of nitrogens with one attached hydrogen (secondary N) is 2. The Bertz CT molecular complexity index is 1800. The van der Waals surface area contributed by atoms with Gasteiger partial charge in [-0.25, -0.2) is 9.37 Å². The van der Waals surface area contributed by atoms with Crippen molar-refractivity contribution in [2.75, 3.05) is 19.0 Å². The van der Waals surface area contributed by atoms with Crippen LogP contribution in [0.1, 0.15) is 21.5 Å². The lowest BCUT2D eigenvalue weighted by atomic mass is 10.2. The number of fused-ring (bicyclic) bond motifs is 2. The fraction of sp³-hybridized carbons (Fsp3) is 0.200. The Kier molecular flexibility index (Phi) is 7.31. The number of rotatable bonds is 8. The second-order valence-electron chi connectivity index (χ2n) is 8.30. The molecule has 0 fully saturated rings. The van der Waals surface area contributed by atoms with Gasteiger partial charge in [0.05, 0.1) is 17.6 Å². The zero-order valence-electron chi connectivity index (χ0n) is 20.4. The molecular weight excluding hydrogens is 529 g/mol. The van der Waals surface area contributed by atoms with Crippen LogP contribution < -0.4 is 16.4 Å². The van der Waals surface area contributed by atoms with E-state index in [0.29, 0.717) is 27.0 Å². The van der Waals surface area contributed by atoms with Gasteiger partial charge in [0.1, 0.15) is 22.6 Å². The normalized spacial score (nSPS) is 11.3. The Labute approximate surface area is 223 Å². The Morgan fingerprint density at radius 2 is 2.03 bits per heavy atom. The van der Waals surface area contributed by atoms with Gasteiger partial charge in [0.25, 0.3) is 11.5 Å². The highest BCUT2D eigenvalue weighted by atomic mass is 32.2. The van der Waals surface area contributed by atoms with E-state index in [0.717, 1.165) is 16.9 Å². The number of amides is 1. The van der Waals surface area contributed by atoms with E-state index in [1.165, 1.54) is 40.0 Å². The summed E-state index contributed by atoms with van der Waals surface area (Å²) in [5, 5.41) is 19.9. The molecule has 38 heavy (non-hydrogen) atoms. The van der Waals surface area contributed by atoms with Gasteiger partial charge >= 0.3 is 0 Å². The number of halogens is 1. The summed E-state index contributed by atoms with van der Waals surface area (Å²) < 4.78 is 22.6. The highest BCUT2D eigenvalue weighted by Gasteiger charge is 2.19. The van der Waals surface area contributed by atoms with Crippen molar-refractivity contribution in [2.24, 2.45) is 0 Å². The summed E-state index contributed by atoms with van der Waals surface area (Å²) in [6.45, 7) is 2.32. The molecular formula is C25H22FN7O3S2. The fourth-order valence-corrected chi connectivity index (χ4v) is 5.64. The standard InChI is InChI=1S/C25H22FN7O3S2/c1-14-6-5-9-33-20(14)28-21-17(23(33)35)12-16(19(27)32(21)10-11-36-2)22(34)29-24-30-31-25(38-24)37-13-15-7-3-4-8-18(15)26/h3-9,12,27H,10-11,13H2,1-2H3,(H,29,30,34). The molecule has 5 aromatic rings. The van der Waals surface area contributed by atoms with Crippen LogP contribution in [0, 0.1) is 18.2 Å². The summed E-state index contributed by atoms with van der Waals surface area (Å²) in [6, 6.07) is 11.5. The van der Waals surface area contributed by atoms with Crippen LogP contribution >= 0.6 is 23.1 Å². The average Bonchev–Trinajstić information content (AvgIpc) is 3.35. The lowest BCUT2D eigenvalue weighted by Crippen LogP contribution is -2.33. The van der Waals surface area contributed by atoms with Gasteiger partial charge in [0.2, 0.25) is 5.13 Å². The second-order valence-corrected chi connectivity index (χ2v) is 10.5. The van der Waals surface area contributed by atoms with Gasteiger partial charge in [-0.2, -0.15) is 0 Å². The SMILES string of the molecule is COCCn1c(=N)c(C(=O)Nc2nnc(SCc3ccccc3F)s2)cc2c(=O)n3cccc(C)c3nc21. The van der Waals surface area contributed by atoms with Crippen molar-refractivity contribution in [3.05, 3.63) is 87.0 Å². The van der Waals surface area contributed by atoms with E-state index < -0.39 is 5.91 Å². The third kappa shape index (κ3) is 4.95. The van der Waals surface area contributed by atoms with Crippen molar-refractivity contribution in [2.45, 2.75) is 23.6 Å². The van der Waals surface area contributed by atoms with E-state index in [2.05, 4.69) is 20.5 Å². The van der Waals surface area contributed by atoms with Crippen LogP contribution in [0.2, 0.25) is 0 Å². The lowest BCUT2D eigenvalue weighted by molar-refractivity contribution is 0.102. The molecule has 0 saturated heterocycles. The van der Waals surface area contributed by atoms with Crippen molar-refractivity contribution in [3.63, 3.8) is 0 Å². The number of aryl methyl sites for hydroxylation is 1. The summed E-state index contributed by atoms with van der Waals surface area (Å²) in [5.41, 5.74) is 1.63. The van der Waals surface area contributed by atoms with Crippen LogP contribution in [0.5, 0.6) is 0 Å². The minimum Gasteiger partial charge on any atom is -0.383 e. The predicted molar refractivity (Wildman–Crippen MR) is 143 cm³/mol. The molecule has 4 aromatic heterocycles. The number of nitrogens with zero attached hydrogens (tertiary/aromatic N) is 5. The van der Waals surface area contributed by atoms with Crippen molar-refractivity contribution in [1.29, 1.82) is 5.41 Å². The smallest absolute Gasteiger partial charge is 0.267 e. The number of benzene rings is 1. The third-order valence-corrected chi connectivity index (χ3v) is 7.85. The van der Waals surface area contributed by atoms with E-state index in [1.54, 1.807) is 30.5 Å². The summed E-state index contributed by atoms with van der Waals surface area (Å²) >= 11 is 2.43. The number of pyridine rings is 2. The molecule has 194 valence electrons. The largest absolute Gasteiger partial charge is 0.383 e. The summed E-state index contributed by atoms with van der Waals surface area (Å²) in [5.74, 6) is -0.549. The van der Waals surface area contributed by atoms with Gasteiger partial charge in [-0.3, -0.25) is 24.7 Å². The Morgan fingerprint density at radius 3 is 2.82 bits per heavy atom. The lowest BCUT2D eigenvalue weighted by Gasteiger charge is -2.14. The number of methoxy groups -OCH3 is 1. The highest BCUT2D eigenvalue weighted by Crippen LogP contribution is 2.29. The minimum atomic E-state index is -0.612. The molecule has 0 radical (unpaired) electrons. The second kappa shape index (κ2) is 10.8. The van der Waals surface area contributed by atoms with E-state index >= 15 is 0 Å². The highest BCUT2D eigenvalue weighted by molar-refractivity contribution is 8.00. The zero-order valence-corrected chi connectivity index (χ0v) is 22.0. The number of thioether (sulfide) groups is 1. The molecule has 0 aliphatic carbocycles. The van der Waals surface area contributed by atoms with Crippen LogP contribution in [0.4, 0.5) is 9.52 Å². The van der Waals surface area contributed by atoms with Gasteiger partial charge in [-0.15, -0.1) is 10.2 Å². The van der Waals surface area contributed by atoms with Gasteiger partial charge < -0.3 is 9.30 Å². The molecule has 0 atom stereocenters. The minimum absolute atomic E-state index is 0.0177. The topological polar surface area (TPSA) is 127 Å². The molecule has 0 saturated carbocycles. The van der Waals surface area contributed by atoms with Gasteiger partial charge in [-0.1, -0.05) is 47.4 Å². The number of ether oxygens (including phenoxy) is 1. The molecule has 0 aliphatic rings. The monoisotopic (exact) mass is 551 g/mol. The third-order valence-electron chi connectivity index (χ3n) is 5.83. The molecule has 13 heteroatoms. The number of anilines is 1. The van der Waals surface area contributed by atoms with Crippen molar-refractivity contribution < 1.29 is 13.9 Å². The number of aromatic nitrogens is 5. The molecule has 10 nitrogen and oxygen atoms in total. The molecule has 2 N–H and O–H groups in total. The maximum Gasteiger partial charge on any atom is 0.267 e.